The smallest absolute Gasteiger partial charge is 0.0533 e. The van der Waals surface area contributed by atoms with Gasteiger partial charge in [0.05, 0.1) is 11.4 Å². The van der Waals surface area contributed by atoms with E-state index in [0.29, 0.717) is 0 Å². The average molecular weight is 370 g/mol. The zero-order chi connectivity index (χ0) is 13.3. The molecule has 0 radical (unpaired) electrons. The number of rotatable bonds is 2. The van der Waals surface area contributed by atoms with Crippen LogP contribution in [0.5, 0.6) is 0 Å². The molecule has 0 amide bonds. The van der Waals surface area contributed by atoms with E-state index in [1.165, 1.54) is 5.56 Å². The first-order chi connectivity index (χ1) is 8.47. The Hall–Kier alpha value is -1.000. The summed E-state index contributed by atoms with van der Waals surface area (Å²) in [6.07, 6.45) is 0. The molecule has 0 aliphatic rings. The van der Waals surface area contributed by atoms with Gasteiger partial charge in [0, 0.05) is 14.6 Å². The predicted molar refractivity (Wildman–Crippen MR) is 85.5 cm³/mol. The number of nitrogens with one attached hydrogen (secondary N) is 1. The van der Waals surface area contributed by atoms with Crippen molar-refractivity contribution < 1.29 is 0 Å². The zero-order valence-electron chi connectivity index (χ0n) is 10.2. The molecule has 0 aliphatic heterocycles. The van der Waals surface area contributed by atoms with Gasteiger partial charge in [0.15, 0.2) is 0 Å². The van der Waals surface area contributed by atoms with Crippen molar-refractivity contribution in [2.45, 2.75) is 13.8 Å². The standard InChI is InChI=1S/C14H14Br2N2/c1-8-3-4-13(10(15)5-8)18-14-6-9(2)12(17)7-11(14)16/h3-7,18H,17H2,1-2H3. The summed E-state index contributed by atoms with van der Waals surface area (Å²) in [4.78, 5) is 0. The van der Waals surface area contributed by atoms with Gasteiger partial charge in [-0.05, 0) is 81.1 Å². The van der Waals surface area contributed by atoms with Crippen LogP contribution in [0.4, 0.5) is 17.1 Å². The molecule has 18 heavy (non-hydrogen) atoms. The van der Waals surface area contributed by atoms with Crippen LogP contribution >= 0.6 is 31.9 Å². The Morgan fingerprint density at radius 1 is 0.944 bits per heavy atom. The first kappa shape index (κ1) is 13.4. The third-order valence-corrected chi connectivity index (χ3v) is 4.06. The van der Waals surface area contributed by atoms with E-state index in [9.17, 15) is 0 Å². The average Bonchev–Trinajstić information content (AvgIpc) is 2.29. The number of nitrogen functional groups attached to an aromatic ring is 1. The van der Waals surface area contributed by atoms with Gasteiger partial charge in [0.2, 0.25) is 0 Å². The highest BCUT2D eigenvalue weighted by Gasteiger charge is 2.06. The Balaban J connectivity index is 2.37. The van der Waals surface area contributed by atoms with E-state index in [0.717, 1.165) is 31.6 Å². The fourth-order valence-electron chi connectivity index (χ4n) is 1.66. The molecule has 0 spiro atoms. The van der Waals surface area contributed by atoms with Gasteiger partial charge in [-0.1, -0.05) is 6.07 Å². The number of halogens is 2. The van der Waals surface area contributed by atoms with Gasteiger partial charge in [-0.25, -0.2) is 0 Å². The van der Waals surface area contributed by atoms with Crippen LogP contribution in [-0.4, -0.2) is 0 Å². The third-order valence-electron chi connectivity index (χ3n) is 2.75. The zero-order valence-corrected chi connectivity index (χ0v) is 13.4. The highest BCUT2D eigenvalue weighted by molar-refractivity contribution is 9.11. The molecule has 0 atom stereocenters. The summed E-state index contributed by atoms with van der Waals surface area (Å²) >= 11 is 7.08. The van der Waals surface area contributed by atoms with Crippen molar-refractivity contribution in [1.29, 1.82) is 0 Å². The predicted octanol–water partition coefficient (Wildman–Crippen LogP) is 5.15. The summed E-state index contributed by atoms with van der Waals surface area (Å²) in [6.45, 7) is 4.06. The van der Waals surface area contributed by atoms with Gasteiger partial charge in [0.1, 0.15) is 0 Å². The Kier molecular flexibility index (Phi) is 3.97. The van der Waals surface area contributed by atoms with E-state index in [1.807, 2.05) is 19.1 Å². The number of nitrogens with two attached hydrogens (primary N) is 1. The molecule has 0 heterocycles. The summed E-state index contributed by atoms with van der Waals surface area (Å²) in [5, 5.41) is 3.39. The van der Waals surface area contributed by atoms with Crippen molar-refractivity contribution in [1.82, 2.24) is 0 Å². The summed E-state index contributed by atoms with van der Waals surface area (Å²) in [7, 11) is 0. The van der Waals surface area contributed by atoms with Crippen molar-refractivity contribution >= 4 is 48.9 Å². The number of benzene rings is 2. The fourth-order valence-corrected chi connectivity index (χ4v) is 2.71. The van der Waals surface area contributed by atoms with Gasteiger partial charge in [-0.3, -0.25) is 0 Å². The summed E-state index contributed by atoms with van der Waals surface area (Å²) in [5.74, 6) is 0. The van der Waals surface area contributed by atoms with Crippen molar-refractivity contribution in [3.8, 4) is 0 Å². The van der Waals surface area contributed by atoms with Gasteiger partial charge in [-0.15, -0.1) is 0 Å². The highest BCUT2D eigenvalue weighted by Crippen LogP contribution is 2.33. The maximum absolute atomic E-state index is 5.87. The van der Waals surface area contributed by atoms with Gasteiger partial charge < -0.3 is 11.1 Å². The molecule has 0 aliphatic carbocycles. The van der Waals surface area contributed by atoms with Crippen LogP contribution in [0.2, 0.25) is 0 Å². The molecule has 0 saturated heterocycles. The second-order valence-corrected chi connectivity index (χ2v) is 6.01. The molecular formula is C14H14Br2N2. The Labute approximate surface area is 124 Å². The minimum absolute atomic E-state index is 0.787. The van der Waals surface area contributed by atoms with Crippen LogP contribution in [0.1, 0.15) is 11.1 Å². The Morgan fingerprint density at radius 3 is 2.28 bits per heavy atom. The molecular weight excluding hydrogens is 356 g/mol. The Morgan fingerprint density at radius 2 is 1.61 bits per heavy atom. The second kappa shape index (κ2) is 5.33. The quantitative estimate of drug-likeness (QED) is 0.718. The minimum Gasteiger partial charge on any atom is -0.398 e. The van der Waals surface area contributed by atoms with Crippen molar-refractivity contribution in [2.24, 2.45) is 0 Å². The number of aryl methyl sites for hydroxylation is 2. The normalized spacial score (nSPS) is 10.4. The maximum Gasteiger partial charge on any atom is 0.0533 e. The van der Waals surface area contributed by atoms with Gasteiger partial charge in [0.25, 0.3) is 0 Å². The van der Waals surface area contributed by atoms with Crippen molar-refractivity contribution in [3.05, 3.63) is 50.4 Å². The lowest BCUT2D eigenvalue weighted by Crippen LogP contribution is -1.96. The molecule has 2 aromatic rings. The molecule has 0 unspecified atom stereocenters. The molecule has 94 valence electrons. The monoisotopic (exact) mass is 368 g/mol. The SMILES string of the molecule is Cc1ccc(Nc2cc(C)c(N)cc2Br)c(Br)c1. The molecule has 0 bridgehead atoms. The van der Waals surface area contributed by atoms with Crippen LogP contribution in [0.15, 0.2) is 39.3 Å². The summed E-state index contributed by atoms with van der Waals surface area (Å²) in [5.41, 5.74) is 11.0. The number of anilines is 3. The molecule has 3 N–H and O–H groups in total. The largest absolute Gasteiger partial charge is 0.398 e. The second-order valence-electron chi connectivity index (χ2n) is 4.30. The lowest BCUT2D eigenvalue weighted by molar-refractivity contribution is 1.40. The van der Waals surface area contributed by atoms with Crippen LogP contribution in [0, 0.1) is 13.8 Å². The Bertz CT molecular complexity index is 595. The summed E-state index contributed by atoms with van der Waals surface area (Å²) in [6, 6.07) is 10.2. The van der Waals surface area contributed by atoms with Crippen LogP contribution < -0.4 is 11.1 Å². The first-order valence-corrected chi connectivity index (χ1v) is 7.15. The fraction of sp³-hybridized carbons (Fsp3) is 0.143. The van der Waals surface area contributed by atoms with Crippen LogP contribution in [0.25, 0.3) is 0 Å². The lowest BCUT2D eigenvalue weighted by Gasteiger charge is -2.13. The molecule has 2 aromatic carbocycles. The molecule has 2 rings (SSSR count). The van der Waals surface area contributed by atoms with E-state index in [2.05, 4.69) is 62.3 Å². The molecule has 4 heteroatoms. The number of hydrogen-bond donors (Lipinski definition) is 2. The first-order valence-electron chi connectivity index (χ1n) is 5.56. The molecule has 0 aromatic heterocycles. The topological polar surface area (TPSA) is 38.0 Å². The highest BCUT2D eigenvalue weighted by atomic mass is 79.9. The van der Waals surface area contributed by atoms with E-state index < -0.39 is 0 Å². The minimum atomic E-state index is 0.787. The molecule has 0 saturated carbocycles. The van der Waals surface area contributed by atoms with Crippen molar-refractivity contribution in [3.63, 3.8) is 0 Å². The molecule has 0 fully saturated rings. The number of hydrogen-bond acceptors (Lipinski definition) is 2. The van der Waals surface area contributed by atoms with Gasteiger partial charge in [-0.2, -0.15) is 0 Å². The van der Waals surface area contributed by atoms with E-state index in [1.54, 1.807) is 0 Å². The van der Waals surface area contributed by atoms with E-state index in [-0.39, 0.29) is 0 Å². The van der Waals surface area contributed by atoms with E-state index >= 15 is 0 Å². The van der Waals surface area contributed by atoms with Crippen LogP contribution in [0.3, 0.4) is 0 Å². The van der Waals surface area contributed by atoms with Crippen molar-refractivity contribution in [2.75, 3.05) is 11.1 Å². The van der Waals surface area contributed by atoms with Gasteiger partial charge >= 0.3 is 0 Å². The van der Waals surface area contributed by atoms with E-state index in [4.69, 9.17) is 5.73 Å². The lowest BCUT2D eigenvalue weighted by atomic mass is 10.1. The maximum atomic E-state index is 5.87. The van der Waals surface area contributed by atoms with Crippen LogP contribution in [-0.2, 0) is 0 Å². The summed E-state index contributed by atoms with van der Waals surface area (Å²) < 4.78 is 2.00. The third kappa shape index (κ3) is 2.87. The molecule has 2 nitrogen and oxygen atoms in total.